The Labute approximate surface area is 189 Å². The van der Waals surface area contributed by atoms with Crippen molar-refractivity contribution in [2.45, 2.75) is 25.4 Å². The molecule has 2 aromatic rings. The number of nitrogens with two attached hydrogens (primary N) is 1. The molecular formula is C25H32N4O3. The number of fused-ring (bicyclic) bond motifs is 1. The molecule has 1 saturated heterocycles. The second kappa shape index (κ2) is 10.1. The highest BCUT2D eigenvalue weighted by molar-refractivity contribution is 5.93. The van der Waals surface area contributed by atoms with Crippen molar-refractivity contribution < 1.29 is 14.3 Å². The van der Waals surface area contributed by atoms with Gasteiger partial charge in [0.15, 0.2) is 0 Å². The summed E-state index contributed by atoms with van der Waals surface area (Å²) in [5, 5.41) is 2.69. The van der Waals surface area contributed by atoms with Gasteiger partial charge < -0.3 is 20.7 Å². The van der Waals surface area contributed by atoms with Crippen LogP contribution < -0.4 is 16.0 Å². The van der Waals surface area contributed by atoms with Crippen LogP contribution >= 0.6 is 0 Å². The number of ether oxygens (including phenoxy) is 1. The fraction of sp³-hybridized carbons (Fsp3) is 0.440. The molecule has 7 nitrogen and oxygen atoms in total. The Balaban J connectivity index is 1.29. The topological polar surface area (TPSA) is 87.9 Å². The first-order chi connectivity index (χ1) is 15.5. The number of hydrogen-bond acceptors (Lipinski definition) is 5. The van der Waals surface area contributed by atoms with E-state index in [1.165, 1.54) is 11.1 Å². The number of amides is 2. The molecule has 0 radical (unpaired) electrons. The van der Waals surface area contributed by atoms with E-state index < -0.39 is 5.91 Å². The summed E-state index contributed by atoms with van der Waals surface area (Å²) >= 11 is 0. The largest absolute Gasteiger partial charge is 0.373 e. The molecule has 2 aliphatic heterocycles. The second-order valence-electron chi connectivity index (χ2n) is 8.52. The van der Waals surface area contributed by atoms with E-state index in [9.17, 15) is 9.59 Å². The molecule has 3 N–H and O–H groups in total. The number of likely N-dealkylation sites (N-methyl/N-ethyl adjacent to an activating group) is 1. The summed E-state index contributed by atoms with van der Waals surface area (Å²) in [7, 11) is 1.67. The summed E-state index contributed by atoms with van der Waals surface area (Å²) in [4.78, 5) is 27.8. The highest BCUT2D eigenvalue weighted by atomic mass is 16.5. The van der Waals surface area contributed by atoms with Crippen molar-refractivity contribution in [3.05, 3.63) is 64.7 Å². The number of nitrogens with one attached hydrogen (secondary N) is 1. The molecule has 0 aliphatic carbocycles. The van der Waals surface area contributed by atoms with E-state index in [1.54, 1.807) is 19.2 Å². The van der Waals surface area contributed by atoms with Crippen LogP contribution in [0.25, 0.3) is 0 Å². The molecule has 0 unspecified atom stereocenters. The molecule has 0 spiro atoms. The number of primary amides is 1. The Kier molecular flexibility index (Phi) is 7.07. The van der Waals surface area contributed by atoms with Crippen molar-refractivity contribution in [2.24, 2.45) is 5.73 Å². The van der Waals surface area contributed by atoms with E-state index in [0.717, 1.165) is 63.4 Å². The minimum atomic E-state index is -0.393. The first kappa shape index (κ1) is 22.3. The highest BCUT2D eigenvalue weighted by Gasteiger charge is 2.24. The van der Waals surface area contributed by atoms with Crippen molar-refractivity contribution in [3.63, 3.8) is 0 Å². The normalized spacial score (nSPS) is 18.8. The first-order valence-corrected chi connectivity index (χ1v) is 11.3. The van der Waals surface area contributed by atoms with Crippen LogP contribution in [-0.4, -0.2) is 63.1 Å². The number of piperazine rings is 1. The minimum absolute atomic E-state index is 0.0384. The second-order valence-corrected chi connectivity index (χ2v) is 8.52. The molecule has 2 aliphatic rings. The molecule has 4 rings (SSSR count). The van der Waals surface area contributed by atoms with Gasteiger partial charge in [-0.1, -0.05) is 18.2 Å². The van der Waals surface area contributed by atoms with Crippen molar-refractivity contribution in [1.29, 1.82) is 0 Å². The molecule has 2 amide bonds. The van der Waals surface area contributed by atoms with Gasteiger partial charge in [-0.2, -0.15) is 0 Å². The van der Waals surface area contributed by atoms with E-state index in [-0.39, 0.29) is 12.0 Å². The fourth-order valence-electron chi connectivity index (χ4n) is 4.58. The van der Waals surface area contributed by atoms with Gasteiger partial charge in [0.2, 0.25) is 11.8 Å². The van der Waals surface area contributed by atoms with Crippen molar-refractivity contribution in [2.75, 3.05) is 51.3 Å². The zero-order chi connectivity index (χ0) is 22.5. The van der Waals surface area contributed by atoms with Gasteiger partial charge in [0, 0.05) is 51.0 Å². The molecule has 32 heavy (non-hydrogen) atoms. The number of carbonyl (C=O) groups excluding carboxylic acids is 2. The van der Waals surface area contributed by atoms with Gasteiger partial charge in [0.1, 0.15) is 0 Å². The van der Waals surface area contributed by atoms with Crippen molar-refractivity contribution in [3.8, 4) is 0 Å². The maximum absolute atomic E-state index is 11.7. The predicted molar refractivity (Wildman–Crippen MR) is 125 cm³/mol. The molecule has 0 saturated carbocycles. The number of hydrogen-bond donors (Lipinski definition) is 2. The third-order valence-corrected chi connectivity index (χ3v) is 6.48. The maximum Gasteiger partial charge on any atom is 0.248 e. The average Bonchev–Trinajstić information content (AvgIpc) is 2.83. The highest BCUT2D eigenvalue weighted by Crippen LogP contribution is 2.31. The van der Waals surface area contributed by atoms with Gasteiger partial charge in [-0.05, 0) is 53.8 Å². The number of benzene rings is 2. The number of carbonyl (C=O) groups is 2. The van der Waals surface area contributed by atoms with E-state index in [0.29, 0.717) is 12.0 Å². The number of anilines is 1. The van der Waals surface area contributed by atoms with Crippen LogP contribution in [-0.2, 0) is 22.4 Å². The maximum atomic E-state index is 11.7. The molecular weight excluding hydrogens is 404 g/mol. The zero-order valence-corrected chi connectivity index (χ0v) is 18.7. The molecule has 1 fully saturated rings. The SMILES string of the molecule is CNC(=O)Cc1ccc2c(c1)CCO[C@H]2CCN1CCN(c2ccc(C(N)=O)cc2)CC1. The van der Waals surface area contributed by atoms with E-state index in [2.05, 4.69) is 33.3 Å². The van der Waals surface area contributed by atoms with Crippen LogP contribution in [0.2, 0.25) is 0 Å². The Morgan fingerprint density at radius 3 is 2.53 bits per heavy atom. The molecule has 170 valence electrons. The first-order valence-electron chi connectivity index (χ1n) is 11.3. The average molecular weight is 437 g/mol. The summed E-state index contributed by atoms with van der Waals surface area (Å²) in [6.45, 7) is 5.65. The smallest absolute Gasteiger partial charge is 0.248 e. The Morgan fingerprint density at radius 1 is 1.09 bits per heavy atom. The Bertz CT molecular complexity index is 952. The lowest BCUT2D eigenvalue weighted by atomic mass is 9.93. The van der Waals surface area contributed by atoms with Crippen LogP contribution in [0.1, 0.15) is 39.6 Å². The third kappa shape index (κ3) is 5.29. The van der Waals surface area contributed by atoms with E-state index in [4.69, 9.17) is 10.5 Å². The molecule has 1 atom stereocenters. The summed E-state index contributed by atoms with van der Waals surface area (Å²) in [5.41, 5.74) is 10.6. The lowest BCUT2D eigenvalue weighted by molar-refractivity contribution is -0.119. The minimum Gasteiger partial charge on any atom is -0.373 e. The lowest BCUT2D eigenvalue weighted by Gasteiger charge is -2.37. The molecule has 0 bridgehead atoms. The van der Waals surface area contributed by atoms with Crippen LogP contribution in [0.4, 0.5) is 5.69 Å². The third-order valence-electron chi connectivity index (χ3n) is 6.48. The van der Waals surface area contributed by atoms with Gasteiger partial charge in [-0.25, -0.2) is 0 Å². The zero-order valence-electron chi connectivity index (χ0n) is 18.7. The number of nitrogens with zero attached hydrogens (tertiary/aromatic N) is 2. The Morgan fingerprint density at radius 2 is 1.84 bits per heavy atom. The van der Waals surface area contributed by atoms with Gasteiger partial charge >= 0.3 is 0 Å². The monoisotopic (exact) mass is 436 g/mol. The summed E-state index contributed by atoms with van der Waals surface area (Å²) in [6, 6.07) is 13.9. The summed E-state index contributed by atoms with van der Waals surface area (Å²) < 4.78 is 6.10. The van der Waals surface area contributed by atoms with E-state index >= 15 is 0 Å². The van der Waals surface area contributed by atoms with Crippen LogP contribution in [0, 0.1) is 0 Å². The number of rotatable bonds is 7. The van der Waals surface area contributed by atoms with Gasteiger partial charge in [0.25, 0.3) is 0 Å². The van der Waals surface area contributed by atoms with Crippen LogP contribution in [0.15, 0.2) is 42.5 Å². The summed E-state index contributed by atoms with van der Waals surface area (Å²) in [5.74, 6) is -0.355. The molecule has 2 heterocycles. The van der Waals surface area contributed by atoms with Gasteiger partial charge in [-0.3, -0.25) is 14.5 Å². The molecule has 0 aromatic heterocycles. The Hall–Kier alpha value is -2.90. The predicted octanol–water partition coefficient (Wildman–Crippen LogP) is 1.90. The van der Waals surface area contributed by atoms with Crippen LogP contribution in [0.5, 0.6) is 0 Å². The summed E-state index contributed by atoms with van der Waals surface area (Å²) in [6.07, 6.45) is 2.41. The quantitative estimate of drug-likeness (QED) is 0.692. The van der Waals surface area contributed by atoms with Crippen molar-refractivity contribution >= 4 is 17.5 Å². The van der Waals surface area contributed by atoms with Gasteiger partial charge in [0.05, 0.1) is 19.1 Å². The lowest BCUT2D eigenvalue weighted by Crippen LogP contribution is -2.47. The fourth-order valence-corrected chi connectivity index (χ4v) is 4.58. The standard InChI is InChI=1S/C25H32N4O3/c1-27-24(30)17-18-2-7-22-20(16-18)9-15-32-23(22)8-10-28-11-13-29(14-12-28)21-5-3-19(4-6-21)25(26)31/h2-7,16,23H,8-15,17H2,1H3,(H2,26,31)(H,27,30)/t23-/m0/s1. The van der Waals surface area contributed by atoms with Crippen molar-refractivity contribution in [1.82, 2.24) is 10.2 Å². The molecule has 7 heteroatoms. The molecule has 2 aromatic carbocycles. The van der Waals surface area contributed by atoms with Crippen LogP contribution in [0.3, 0.4) is 0 Å². The van der Waals surface area contributed by atoms with Gasteiger partial charge in [-0.15, -0.1) is 0 Å². The van der Waals surface area contributed by atoms with E-state index in [1.807, 2.05) is 12.1 Å².